The number of amides is 1. The van der Waals surface area contributed by atoms with Crippen LogP contribution in [0.2, 0.25) is 0 Å². The van der Waals surface area contributed by atoms with E-state index in [0.29, 0.717) is 19.6 Å². The fraction of sp³-hybridized carbons (Fsp3) is 0.333. The molecule has 104 valence electrons. The standard InChI is InChI=1S/C15H16N2O3/c18-15(16-10-13-6-8-20-17-13)12-5-7-19-14-4-2-1-3-11(14)9-12/h1-4,6,8,12H,5,7,9-10H2,(H,16,18)/t12-/m1/s1. The molecule has 5 nitrogen and oxygen atoms in total. The number of carbonyl (C=O) groups excluding carboxylic acids is 1. The molecule has 0 unspecified atom stereocenters. The zero-order chi connectivity index (χ0) is 13.8. The Morgan fingerprint density at radius 3 is 3.10 bits per heavy atom. The van der Waals surface area contributed by atoms with E-state index < -0.39 is 0 Å². The molecule has 2 heterocycles. The Balaban J connectivity index is 1.63. The monoisotopic (exact) mass is 272 g/mol. The smallest absolute Gasteiger partial charge is 0.223 e. The first-order chi connectivity index (χ1) is 9.83. The molecular weight excluding hydrogens is 256 g/mol. The molecule has 0 radical (unpaired) electrons. The lowest BCUT2D eigenvalue weighted by atomic mass is 9.96. The van der Waals surface area contributed by atoms with E-state index in [9.17, 15) is 4.79 Å². The molecule has 0 saturated heterocycles. The summed E-state index contributed by atoms with van der Waals surface area (Å²) in [5.74, 6) is 0.859. The molecule has 1 N–H and O–H groups in total. The van der Waals surface area contributed by atoms with Gasteiger partial charge in [-0.05, 0) is 24.5 Å². The average molecular weight is 272 g/mol. The lowest BCUT2D eigenvalue weighted by molar-refractivity contribution is -0.125. The van der Waals surface area contributed by atoms with Crippen LogP contribution in [0.15, 0.2) is 41.1 Å². The van der Waals surface area contributed by atoms with Crippen molar-refractivity contribution in [3.05, 3.63) is 47.9 Å². The predicted octanol–water partition coefficient (Wildman–Crippen LogP) is 1.93. The Morgan fingerprint density at radius 2 is 2.25 bits per heavy atom. The molecule has 20 heavy (non-hydrogen) atoms. The fourth-order valence-corrected chi connectivity index (χ4v) is 2.37. The van der Waals surface area contributed by atoms with Crippen molar-refractivity contribution in [1.82, 2.24) is 10.5 Å². The first-order valence-electron chi connectivity index (χ1n) is 6.70. The maximum atomic E-state index is 12.2. The molecule has 0 spiro atoms. The Labute approximate surface area is 116 Å². The second-order valence-corrected chi connectivity index (χ2v) is 4.85. The lowest BCUT2D eigenvalue weighted by Crippen LogP contribution is -2.31. The zero-order valence-electron chi connectivity index (χ0n) is 11.0. The van der Waals surface area contributed by atoms with Gasteiger partial charge in [-0.1, -0.05) is 23.4 Å². The van der Waals surface area contributed by atoms with Gasteiger partial charge in [-0.3, -0.25) is 4.79 Å². The van der Waals surface area contributed by atoms with Crippen LogP contribution in [0.5, 0.6) is 5.75 Å². The summed E-state index contributed by atoms with van der Waals surface area (Å²) >= 11 is 0. The number of nitrogens with one attached hydrogen (secondary N) is 1. The molecule has 3 rings (SSSR count). The summed E-state index contributed by atoms with van der Waals surface area (Å²) in [4.78, 5) is 12.2. The van der Waals surface area contributed by atoms with Crippen molar-refractivity contribution in [1.29, 1.82) is 0 Å². The average Bonchev–Trinajstić information content (AvgIpc) is 2.89. The minimum Gasteiger partial charge on any atom is -0.493 e. The molecule has 1 aromatic heterocycles. The Bertz CT molecular complexity index is 581. The van der Waals surface area contributed by atoms with Gasteiger partial charge in [0.05, 0.1) is 13.2 Å². The van der Waals surface area contributed by atoms with Gasteiger partial charge in [-0.15, -0.1) is 0 Å². The van der Waals surface area contributed by atoms with E-state index in [1.807, 2.05) is 24.3 Å². The van der Waals surface area contributed by atoms with Crippen LogP contribution < -0.4 is 10.1 Å². The van der Waals surface area contributed by atoms with Gasteiger partial charge in [0, 0.05) is 12.0 Å². The minimum atomic E-state index is -0.0643. The SMILES string of the molecule is O=C(NCc1ccon1)[C@@H]1CCOc2ccccc2C1. The number of nitrogens with zero attached hydrogens (tertiary/aromatic N) is 1. The topological polar surface area (TPSA) is 64.4 Å². The largest absolute Gasteiger partial charge is 0.493 e. The number of aromatic nitrogens is 1. The first-order valence-corrected chi connectivity index (χ1v) is 6.70. The van der Waals surface area contributed by atoms with Crippen molar-refractivity contribution in [2.45, 2.75) is 19.4 Å². The minimum absolute atomic E-state index is 0.0355. The number of ether oxygens (including phenoxy) is 1. The number of para-hydroxylation sites is 1. The molecule has 1 aliphatic heterocycles. The van der Waals surface area contributed by atoms with Crippen molar-refractivity contribution < 1.29 is 14.1 Å². The molecule has 1 aromatic carbocycles. The number of hydrogen-bond donors (Lipinski definition) is 1. The summed E-state index contributed by atoms with van der Waals surface area (Å²) in [5.41, 5.74) is 1.82. The number of hydrogen-bond acceptors (Lipinski definition) is 4. The van der Waals surface area contributed by atoms with Gasteiger partial charge in [-0.25, -0.2) is 0 Å². The molecule has 0 fully saturated rings. The maximum absolute atomic E-state index is 12.2. The Kier molecular flexibility index (Phi) is 3.67. The van der Waals surface area contributed by atoms with Crippen molar-refractivity contribution in [3.63, 3.8) is 0 Å². The molecule has 5 heteroatoms. The van der Waals surface area contributed by atoms with Gasteiger partial charge >= 0.3 is 0 Å². The highest BCUT2D eigenvalue weighted by Gasteiger charge is 2.23. The van der Waals surface area contributed by atoms with Crippen LogP contribution in [-0.2, 0) is 17.8 Å². The summed E-state index contributed by atoms with van der Waals surface area (Å²) in [7, 11) is 0. The fourth-order valence-electron chi connectivity index (χ4n) is 2.37. The number of fused-ring (bicyclic) bond motifs is 1. The summed E-state index contributed by atoms with van der Waals surface area (Å²) in [6, 6.07) is 9.62. The zero-order valence-corrected chi connectivity index (χ0v) is 11.0. The van der Waals surface area contributed by atoms with E-state index >= 15 is 0 Å². The summed E-state index contributed by atoms with van der Waals surface area (Å²) in [6.45, 7) is 0.966. The highest BCUT2D eigenvalue weighted by Crippen LogP contribution is 2.26. The number of rotatable bonds is 3. The predicted molar refractivity (Wildman–Crippen MR) is 72.1 cm³/mol. The van der Waals surface area contributed by atoms with Crippen LogP contribution in [0.4, 0.5) is 0 Å². The van der Waals surface area contributed by atoms with E-state index in [-0.39, 0.29) is 11.8 Å². The molecule has 0 aliphatic carbocycles. The third-order valence-corrected chi connectivity index (χ3v) is 3.47. The molecule has 0 saturated carbocycles. The van der Waals surface area contributed by atoms with Crippen LogP contribution in [0.25, 0.3) is 0 Å². The summed E-state index contributed by atoms with van der Waals surface area (Å²) in [5, 5.41) is 6.67. The second-order valence-electron chi connectivity index (χ2n) is 4.85. The third kappa shape index (κ3) is 2.82. The first kappa shape index (κ1) is 12.7. The third-order valence-electron chi connectivity index (χ3n) is 3.47. The van der Waals surface area contributed by atoms with Crippen LogP contribution >= 0.6 is 0 Å². The summed E-state index contributed by atoms with van der Waals surface area (Å²) < 4.78 is 10.4. The van der Waals surface area contributed by atoms with Gasteiger partial charge < -0.3 is 14.6 Å². The van der Waals surface area contributed by atoms with Crippen LogP contribution in [0.3, 0.4) is 0 Å². The maximum Gasteiger partial charge on any atom is 0.223 e. The molecule has 2 aromatic rings. The second kappa shape index (κ2) is 5.77. The number of carbonyl (C=O) groups is 1. The number of benzene rings is 1. The van der Waals surface area contributed by atoms with E-state index in [1.165, 1.54) is 6.26 Å². The highest BCUT2D eigenvalue weighted by molar-refractivity contribution is 5.79. The van der Waals surface area contributed by atoms with Crippen LogP contribution in [0.1, 0.15) is 17.7 Å². The Hall–Kier alpha value is -2.30. The van der Waals surface area contributed by atoms with Crippen molar-refractivity contribution >= 4 is 5.91 Å². The molecule has 0 bridgehead atoms. The lowest BCUT2D eigenvalue weighted by Gasteiger charge is -2.13. The van der Waals surface area contributed by atoms with Gasteiger partial charge in [0.2, 0.25) is 5.91 Å². The van der Waals surface area contributed by atoms with Gasteiger partial charge in [0.1, 0.15) is 17.7 Å². The molecular formula is C15H16N2O3. The molecule has 1 atom stereocenters. The molecule has 1 amide bonds. The van der Waals surface area contributed by atoms with E-state index in [0.717, 1.165) is 23.4 Å². The van der Waals surface area contributed by atoms with Crippen LogP contribution in [0, 0.1) is 5.92 Å². The normalized spacial score (nSPS) is 17.7. The van der Waals surface area contributed by atoms with E-state index in [4.69, 9.17) is 9.26 Å². The van der Waals surface area contributed by atoms with Crippen molar-refractivity contribution in [2.24, 2.45) is 5.92 Å². The van der Waals surface area contributed by atoms with E-state index in [1.54, 1.807) is 6.07 Å². The van der Waals surface area contributed by atoms with Crippen LogP contribution in [-0.4, -0.2) is 17.7 Å². The highest BCUT2D eigenvalue weighted by atomic mass is 16.5. The van der Waals surface area contributed by atoms with Crippen molar-refractivity contribution in [2.75, 3.05) is 6.61 Å². The summed E-state index contributed by atoms with van der Waals surface area (Å²) in [6.07, 6.45) is 2.93. The van der Waals surface area contributed by atoms with Gasteiger partial charge in [-0.2, -0.15) is 0 Å². The van der Waals surface area contributed by atoms with Gasteiger partial charge in [0.15, 0.2) is 0 Å². The van der Waals surface area contributed by atoms with Crippen molar-refractivity contribution in [3.8, 4) is 5.75 Å². The quantitative estimate of drug-likeness (QED) is 0.927. The van der Waals surface area contributed by atoms with Gasteiger partial charge in [0.25, 0.3) is 0 Å². The Morgan fingerprint density at radius 1 is 1.35 bits per heavy atom. The van der Waals surface area contributed by atoms with E-state index in [2.05, 4.69) is 10.5 Å². The molecule has 1 aliphatic rings.